The fourth-order valence-electron chi connectivity index (χ4n) is 1.66. The number of amides is 2. The number of carbonyl (C=O) groups is 1. The van der Waals surface area contributed by atoms with Gasteiger partial charge in [0, 0.05) is 38.8 Å². The van der Waals surface area contributed by atoms with Gasteiger partial charge >= 0.3 is 6.03 Å². The van der Waals surface area contributed by atoms with Gasteiger partial charge in [0.2, 0.25) is 0 Å². The molecule has 0 unspecified atom stereocenters. The molecule has 1 rings (SSSR count). The Morgan fingerprint density at radius 3 is 2.60 bits per heavy atom. The fraction of sp³-hybridized carbons (Fsp3) is 0.462. The Morgan fingerprint density at radius 1 is 1.25 bits per heavy atom. The number of nitrogens with one attached hydrogen (secondary N) is 2. The van der Waals surface area contributed by atoms with Crippen molar-refractivity contribution in [1.82, 2.24) is 15.5 Å². The van der Waals surface area contributed by atoms with Crippen molar-refractivity contribution < 1.29 is 9.72 Å². The van der Waals surface area contributed by atoms with E-state index in [1.54, 1.807) is 32.3 Å². The highest BCUT2D eigenvalue weighted by atomic mass is 16.6. The zero-order chi connectivity index (χ0) is 15.0. The lowest BCUT2D eigenvalue weighted by atomic mass is 10.1. The highest BCUT2D eigenvalue weighted by Gasteiger charge is 2.11. The van der Waals surface area contributed by atoms with E-state index >= 15 is 0 Å². The summed E-state index contributed by atoms with van der Waals surface area (Å²) in [5, 5.41) is 16.7. The average Bonchev–Trinajstić information content (AvgIpc) is 2.42. The van der Waals surface area contributed by atoms with Crippen molar-refractivity contribution in [2.45, 2.75) is 6.42 Å². The number of nitro groups is 1. The molecule has 7 heteroatoms. The van der Waals surface area contributed by atoms with Crippen LogP contribution in [0.25, 0.3) is 0 Å². The highest BCUT2D eigenvalue weighted by molar-refractivity contribution is 5.73. The van der Waals surface area contributed by atoms with E-state index in [2.05, 4.69) is 10.6 Å². The van der Waals surface area contributed by atoms with Crippen LogP contribution in [0.1, 0.15) is 5.56 Å². The lowest BCUT2D eigenvalue weighted by Crippen LogP contribution is -2.38. The maximum absolute atomic E-state index is 11.2. The number of hydrogen-bond donors (Lipinski definition) is 2. The van der Waals surface area contributed by atoms with E-state index < -0.39 is 0 Å². The van der Waals surface area contributed by atoms with Crippen molar-refractivity contribution in [3.8, 4) is 0 Å². The van der Waals surface area contributed by atoms with Gasteiger partial charge in [-0.2, -0.15) is 0 Å². The van der Waals surface area contributed by atoms with E-state index in [0.717, 1.165) is 0 Å². The SMILES string of the molecule is CN(C)C(=O)NCCNCCc1ccccc1[N+](=O)[O-]. The van der Waals surface area contributed by atoms with Crippen LogP contribution in [0.4, 0.5) is 10.5 Å². The summed E-state index contributed by atoms with van der Waals surface area (Å²) in [6, 6.07) is 6.58. The summed E-state index contributed by atoms with van der Waals surface area (Å²) in [6.07, 6.45) is 0.582. The molecule has 0 heterocycles. The van der Waals surface area contributed by atoms with Crippen molar-refractivity contribution in [2.75, 3.05) is 33.7 Å². The molecule has 20 heavy (non-hydrogen) atoms. The van der Waals surface area contributed by atoms with Crippen LogP contribution in [0.2, 0.25) is 0 Å². The average molecular weight is 280 g/mol. The van der Waals surface area contributed by atoms with Crippen molar-refractivity contribution in [3.05, 3.63) is 39.9 Å². The van der Waals surface area contributed by atoms with Crippen LogP contribution in [0.15, 0.2) is 24.3 Å². The molecular formula is C13H20N4O3. The minimum absolute atomic E-state index is 0.134. The van der Waals surface area contributed by atoms with Crippen LogP contribution < -0.4 is 10.6 Å². The Bertz CT molecular complexity index is 463. The molecule has 0 fully saturated rings. The monoisotopic (exact) mass is 280 g/mol. The number of nitro benzene ring substituents is 1. The predicted octanol–water partition coefficient (Wildman–Crippen LogP) is 0.998. The van der Waals surface area contributed by atoms with Gasteiger partial charge in [-0.1, -0.05) is 18.2 Å². The minimum atomic E-state index is -0.368. The Kier molecular flexibility index (Phi) is 6.45. The summed E-state index contributed by atoms with van der Waals surface area (Å²) in [5.41, 5.74) is 0.859. The zero-order valence-electron chi connectivity index (χ0n) is 11.8. The second kappa shape index (κ2) is 8.11. The Hall–Kier alpha value is -2.15. The molecule has 1 aromatic carbocycles. The van der Waals surface area contributed by atoms with Gasteiger partial charge in [-0.3, -0.25) is 10.1 Å². The molecule has 0 atom stereocenters. The molecule has 0 radical (unpaired) electrons. The van der Waals surface area contributed by atoms with Crippen LogP contribution in [-0.2, 0) is 6.42 Å². The van der Waals surface area contributed by atoms with Crippen LogP contribution in [0.3, 0.4) is 0 Å². The van der Waals surface area contributed by atoms with Crippen LogP contribution >= 0.6 is 0 Å². The van der Waals surface area contributed by atoms with Crippen LogP contribution in [-0.4, -0.2) is 49.6 Å². The molecule has 2 amide bonds. The molecule has 0 aliphatic heterocycles. The lowest BCUT2D eigenvalue weighted by molar-refractivity contribution is -0.385. The summed E-state index contributed by atoms with van der Waals surface area (Å²) in [7, 11) is 3.36. The molecule has 0 saturated carbocycles. The van der Waals surface area contributed by atoms with Crippen molar-refractivity contribution >= 4 is 11.7 Å². The third-order valence-electron chi connectivity index (χ3n) is 2.74. The first kappa shape index (κ1) is 15.9. The maximum Gasteiger partial charge on any atom is 0.316 e. The molecule has 0 saturated heterocycles. The van der Waals surface area contributed by atoms with E-state index in [0.29, 0.717) is 31.6 Å². The van der Waals surface area contributed by atoms with Gasteiger partial charge in [0.15, 0.2) is 0 Å². The summed E-state index contributed by atoms with van der Waals surface area (Å²) < 4.78 is 0. The van der Waals surface area contributed by atoms with Gasteiger partial charge in [0.05, 0.1) is 4.92 Å². The van der Waals surface area contributed by atoms with Crippen molar-refractivity contribution in [2.24, 2.45) is 0 Å². The second-order valence-corrected chi connectivity index (χ2v) is 4.51. The number of nitrogens with zero attached hydrogens (tertiary/aromatic N) is 2. The molecule has 0 bridgehead atoms. The van der Waals surface area contributed by atoms with Gasteiger partial charge in [-0.05, 0) is 13.0 Å². The van der Waals surface area contributed by atoms with E-state index in [4.69, 9.17) is 0 Å². The normalized spacial score (nSPS) is 10.1. The quantitative estimate of drug-likeness (QED) is 0.443. The first-order chi connectivity index (χ1) is 9.52. The van der Waals surface area contributed by atoms with E-state index in [9.17, 15) is 14.9 Å². The number of urea groups is 1. The lowest BCUT2D eigenvalue weighted by Gasteiger charge is -2.12. The Balaban J connectivity index is 2.25. The van der Waals surface area contributed by atoms with E-state index in [1.165, 1.54) is 11.0 Å². The number of benzene rings is 1. The van der Waals surface area contributed by atoms with Gasteiger partial charge in [0.25, 0.3) is 5.69 Å². The zero-order valence-corrected chi connectivity index (χ0v) is 11.8. The van der Waals surface area contributed by atoms with Crippen LogP contribution in [0.5, 0.6) is 0 Å². The molecule has 2 N–H and O–H groups in total. The number of rotatable bonds is 7. The van der Waals surface area contributed by atoms with Gasteiger partial charge in [-0.25, -0.2) is 4.79 Å². The number of carbonyl (C=O) groups excluding carboxylic acids is 1. The fourth-order valence-corrected chi connectivity index (χ4v) is 1.66. The summed E-state index contributed by atoms with van der Waals surface area (Å²) in [4.78, 5) is 23.2. The third-order valence-corrected chi connectivity index (χ3v) is 2.74. The Morgan fingerprint density at radius 2 is 1.95 bits per heavy atom. The maximum atomic E-state index is 11.2. The molecule has 0 aromatic heterocycles. The number of hydrogen-bond acceptors (Lipinski definition) is 4. The van der Waals surface area contributed by atoms with Gasteiger partial charge < -0.3 is 15.5 Å². The first-order valence-electron chi connectivity index (χ1n) is 6.40. The second-order valence-electron chi connectivity index (χ2n) is 4.51. The van der Waals surface area contributed by atoms with E-state index in [1.807, 2.05) is 0 Å². The molecule has 0 aliphatic carbocycles. The molecule has 110 valence electrons. The topological polar surface area (TPSA) is 87.5 Å². The Labute approximate surface area is 118 Å². The summed E-state index contributed by atoms with van der Waals surface area (Å²) in [6.45, 7) is 1.77. The molecule has 7 nitrogen and oxygen atoms in total. The molecule has 0 spiro atoms. The van der Waals surface area contributed by atoms with Crippen molar-refractivity contribution in [1.29, 1.82) is 0 Å². The summed E-state index contributed by atoms with van der Waals surface area (Å²) in [5.74, 6) is 0. The van der Waals surface area contributed by atoms with Gasteiger partial charge in [0.1, 0.15) is 0 Å². The summed E-state index contributed by atoms with van der Waals surface area (Å²) >= 11 is 0. The van der Waals surface area contributed by atoms with Crippen LogP contribution in [0, 0.1) is 10.1 Å². The highest BCUT2D eigenvalue weighted by Crippen LogP contribution is 2.17. The number of para-hydroxylation sites is 1. The standard InChI is InChI=1S/C13H20N4O3/c1-16(2)13(18)15-10-9-14-8-7-11-5-3-4-6-12(11)17(19)20/h3-6,14H,7-10H2,1-2H3,(H,15,18). The molecule has 0 aliphatic rings. The largest absolute Gasteiger partial charge is 0.337 e. The predicted molar refractivity (Wildman–Crippen MR) is 76.8 cm³/mol. The van der Waals surface area contributed by atoms with Crippen molar-refractivity contribution in [3.63, 3.8) is 0 Å². The molecular weight excluding hydrogens is 260 g/mol. The molecule has 1 aromatic rings. The third kappa shape index (κ3) is 5.23. The smallest absolute Gasteiger partial charge is 0.316 e. The minimum Gasteiger partial charge on any atom is -0.337 e. The van der Waals surface area contributed by atoms with E-state index in [-0.39, 0.29) is 16.6 Å². The first-order valence-corrected chi connectivity index (χ1v) is 6.40. The van der Waals surface area contributed by atoms with Gasteiger partial charge in [-0.15, -0.1) is 0 Å².